The van der Waals surface area contributed by atoms with E-state index in [1.54, 1.807) is 11.9 Å². The van der Waals surface area contributed by atoms with E-state index in [9.17, 15) is 4.79 Å². The summed E-state index contributed by atoms with van der Waals surface area (Å²) in [6, 6.07) is 0. The minimum atomic E-state index is -0.207. The van der Waals surface area contributed by atoms with Crippen molar-refractivity contribution in [3.63, 3.8) is 0 Å². The van der Waals surface area contributed by atoms with Gasteiger partial charge >= 0.3 is 0 Å². The molecule has 1 unspecified atom stereocenters. The molecule has 0 heterocycles. The van der Waals surface area contributed by atoms with Gasteiger partial charge in [-0.05, 0) is 12.8 Å². The highest BCUT2D eigenvalue weighted by atomic mass is 32.1. The zero-order valence-electron chi connectivity index (χ0n) is 9.49. The van der Waals surface area contributed by atoms with Crippen LogP contribution in [0.15, 0.2) is 0 Å². The highest BCUT2D eigenvalue weighted by Gasteiger charge is 2.20. The van der Waals surface area contributed by atoms with E-state index in [2.05, 4.69) is 12.6 Å². The van der Waals surface area contributed by atoms with Crippen LogP contribution in [0.5, 0.6) is 0 Å². The Labute approximate surface area is 92.2 Å². The maximum atomic E-state index is 11.7. The normalized spacial score (nSPS) is 13.0. The molecule has 84 valence electrons. The van der Waals surface area contributed by atoms with Gasteiger partial charge in [-0.1, -0.05) is 13.8 Å². The number of ether oxygens (including phenoxy) is 1. The smallest absolute Gasteiger partial charge is 0.235 e. The van der Waals surface area contributed by atoms with Gasteiger partial charge in [0, 0.05) is 20.2 Å². The minimum absolute atomic E-state index is 0.0723. The third-order valence-electron chi connectivity index (χ3n) is 2.04. The van der Waals surface area contributed by atoms with Crippen molar-refractivity contribution in [1.82, 2.24) is 4.90 Å². The van der Waals surface area contributed by atoms with Crippen molar-refractivity contribution < 1.29 is 9.53 Å². The highest BCUT2D eigenvalue weighted by Crippen LogP contribution is 2.11. The summed E-state index contributed by atoms with van der Waals surface area (Å²) in [4.78, 5) is 13.3. The Bertz CT molecular complexity index is 174. The van der Waals surface area contributed by atoms with Gasteiger partial charge < -0.3 is 9.64 Å². The molecule has 0 aromatic carbocycles. The third-order valence-corrected chi connectivity index (χ3v) is 2.85. The fraction of sp³-hybridized carbons (Fsp3) is 0.900. The van der Waals surface area contributed by atoms with Crippen LogP contribution in [0.2, 0.25) is 0 Å². The molecule has 0 aliphatic carbocycles. The molecule has 0 saturated carbocycles. The summed E-state index contributed by atoms with van der Waals surface area (Å²) in [7, 11) is 1.78. The Balaban J connectivity index is 3.86. The first-order valence-electron chi connectivity index (χ1n) is 5.01. The molecule has 0 aromatic heterocycles. The van der Waals surface area contributed by atoms with Gasteiger partial charge in [-0.3, -0.25) is 4.79 Å². The van der Waals surface area contributed by atoms with E-state index in [0.717, 1.165) is 0 Å². The van der Waals surface area contributed by atoms with E-state index < -0.39 is 0 Å². The van der Waals surface area contributed by atoms with Gasteiger partial charge in [0.2, 0.25) is 5.91 Å². The molecule has 4 heteroatoms. The predicted octanol–water partition coefficient (Wildman–Crippen LogP) is 1.44. The summed E-state index contributed by atoms with van der Waals surface area (Å²) in [5.74, 6) is 0.336. The lowest BCUT2D eigenvalue weighted by atomic mass is 10.1. The molecule has 3 nitrogen and oxygen atoms in total. The maximum absolute atomic E-state index is 11.7. The van der Waals surface area contributed by atoms with E-state index in [4.69, 9.17) is 4.74 Å². The standard InChI is InChI=1S/C10H21NO2S/c1-5-13-7-6-11(4)10(12)9(14)8(2)3/h8-9,14H,5-7H2,1-4H3. The Morgan fingerprint density at radius 2 is 2.07 bits per heavy atom. The number of thiol groups is 1. The van der Waals surface area contributed by atoms with Gasteiger partial charge in [-0.2, -0.15) is 12.6 Å². The monoisotopic (exact) mass is 219 g/mol. The number of hydrogen-bond acceptors (Lipinski definition) is 3. The molecule has 0 bridgehead atoms. The van der Waals surface area contributed by atoms with Crippen LogP contribution < -0.4 is 0 Å². The van der Waals surface area contributed by atoms with E-state index >= 15 is 0 Å². The van der Waals surface area contributed by atoms with Crippen molar-refractivity contribution in [3.8, 4) is 0 Å². The number of nitrogens with zero attached hydrogens (tertiary/aromatic N) is 1. The predicted molar refractivity (Wildman–Crippen MR) is 61.7 cm³/mol. The summed E-state index contributed by atoms with van der Waals surface area (Å²) in [5.41, 5.74) is 0. The van der Waals surface area contributed by atoms with Crippen LogP contribution in [0, 0.1) is 5.92 Å². The number of hydrogen-bond donors (Lipinski definition) is 1. The molecule has 0 aliphatic heterocycles. The van der Waals surface area contributed by atoms with Crippen molar-refractivity contribution in [2.75, 3.05) is 26.8 Å². The summed E-state index contributed by atoms with van der Waals surface area (Å²) < 4.78 is 5.18. The fourth-order valence-electron chi connectivity index (χ4n) is 0.967. The van der Waals surface area contributed by atoms with Gasteiger partial charge in [-0.25, -0.2) is 0 Å². The second kappa shape index (κ2) is 7.12. The average molecular weight is 219 g/mol. The third kappa shape index (κ3) is 4.86. The van der Waals surface area contributed by atoms with Crippen LogP contribution in [0.3, 0.4) is 0 Å². The molecule has 0 radical (unpaired) electrons. The molecule has 0 rings (SSSR count). The first-order valence-corrected chi connectivity index (χ1v) is 5.53. The van der Waals surface area contributed by atoms with Crippen molar-refractivity contribution in [2.45, 2.75) is 26.0 Å². The van der Waals surface area contributed by atoms with Crippen LogP contribution in [-0.2, 0) is 9.53 Å². The van der Waals surface area contributed by atoms with Crippen molar-refractivity contribution >= 4 is 18.5 Å². The quantitative estimate of drug-likeness (QED) is 0.541. The lowest BCUT2D eigenvalue weighted by Crippen LogP contribution is -2.38. The largest absolute Gasteiger partial charge is 0.380 e. The molecule has 14 heavy (non-hydrogen) atoms. The summed E-state index contributed by atoms with van der Waals surface area (Å²) >= 11 is 4.27. The Hall–Kier alpha value is -0.220. The van der Waals surface area contributed by atoms with Crippen LogP contribution in [0.4, 0.5) is 0 Å². The number of carbonyl (C=O) groups excluding carboxylic acids is 1. The molecule has 0 spiro atoms. The summed E-state index contributed by atoms with van der Waals surface area (Å²) in [6.07, 6.45) is 0. The first kappa shape index (κ1) is 13.8. The van der Waals surface area contributed by atoms with Crippen LogP contribution >= 0.6 is 12.6 Å². The zero-order valence-corrected chi connectivity index (χ0v) is 10.4. The number of rotatable bonds is 6. The van der Waals surface area contributed by atoms with Crippen LogP contribution in [0.1, 0.15) is 20.8 Å². The van der Waals surface area contributed by atoms with Crippen molar-refractivity contribution in [1.29, 1.82) is 0 Å². The lowest BCUT2D eigenvalue weighted by molar-refractivity contribution is -0.130. The second-order valence-corrected chi connectivity index (χ2v) is 4.20. The summed E-state index contributed by atoms with van der Waals surface area (Å²) in [6.45, 7) is 7.85. The van der Waals surface area contributed by atoms with Gasteiger partial charge in [0.1, 0.15) is 0 Å². The summed E-state index contributed by atoms with van der Waals surface area (Å²) in [5, 5.41) is -0.207. The Kier molecular flexibility index (Phi) is 7.01. The van der Waals surface area contributed by atoms with Gasteiger partial charge in [0.15, 0.2) is 0 Å². The number of likely N-dealkylation sites (N-methyl/N-ethyl adjacent to an activating group) is 1. The molecule has 1 atom stereocenters. The molecule has 1 amide bonds. The second-order valence-electron chi connectivity index (χ2n) is 3.65. The van der Waals surface area contributed by atoms with Gasteiger partial charge in [0.05, 0.1) is 11.9 Å². The maximum Gasteiger partial charge on any atom is 0.235 e. The SMILES string of the molecule is CCOCCN(C)C(=O)C(S)C(C)C. The molecule has 0 saturated heterocycles. The molecular formula is C10H21NO2S. The van der Waals surface area contributed by atoms with Gasteiger partial charge in [0.25, 0.3) is 0 Å². The average Bonchev–Trinajstić information content (AvgIpc) is 2.15. The Morgan fingerprint density at radius 3 is 2.50 bits per heavy atom. The highest BCUT2D eigenvalue weighted by molar-refractivity contribution is 7.81. The lowest BCUT2D eigenvalue weighted by Gasteiger charge is -2.22. The topological polar surface area (TPSA) is 29.5 Å². The van der Waals surface area contributed by atoms with Crippen molar-refractivity contribution in [3.05, 3.63) is 0 Å². The molecular weight excluding hydrogens is 198 g/mol. The van der Waals surface area contributed by atoms with Gasteiger partial charge in [-0.15, -0.1) is 0 Å². The Morgan fingerprint density at radius 1 is 1.50 bits per heavy atom. The molecule has 0 aliphatic rings. The van der Waals surface area contributed by atoms with Crippen LogP contribution in [-0.4, -0.2) is 42.9 Å². The van der Waals surface area contributed by atoms with Crippen molar-refractivity contribution in [2.24, 2.45) is 5.92 Å². The number of carbonyl (C=O) groups is 1. The van der Waals surface area contributed by atoms with E-state index in [1.165, 1.54) is 0 Å². The molecule has 0 fully saturated rings. The molecule has 0 aromatic rings. The fourth-order valence-corrected chi connectivity index (χ4v) is 1.16. The van der Waals surface area contributed by atoms with E-state index in [-0.39, 0.29) is 17.1 Å². The minimum Gasteiger partial charge on any atom is -0.380 e. The zero-order chi connectivity index (χ0) is 11.1. The van der Waals surface area contributed by atoms with Crippen LogP contribution in [0.25, 0.3) is 0 Å². The van der Waals surface area contributed by atoms with E-state index in [1.807, 2.05) is 20.8 Å². The number of amides is 1. The van der Waals surface area contributed by atoms with E-state index in [0.29, 0.717) is 19.8 Å². The molecule has 0 N–H and O–H groups in total. The first-order chi connectivity index (χ1) is 6.50.